The first-order valence-electron chi connectivity index (χ1n) is 11.9. The molecule has 2 aromatic rings. The van der Waals surface area contributed by atoms with Crippen molar-refractivity contribution in [2.45, 2.75) is 39.2 Å². The molecule has 0 aliphatic rings. The number of carbonyl (C=O) groups is 2. The van der Waals surface area contributed by atoms with Gasteiger partial charge in [-0.2, -0.15) is 0 Å². The first-order chi connectivity index (χ1) is 17.4. The van der Waals surface area contributed by atoms with Crippen LogP contribution < -0.4 is 14.8 Å². The van der Waals surface area contributed by atoms with Gasteiger partial charge in [0.25, 0.3) is 0 Å². The Kier molecular flexibility index (Phi) is 12.6. The normalized spacial score (nSPS) is 12.2. The Morgan fingerprint density at radius 3 is 2.39 bits per heavy atom. The van der Waals surface area contributed by atoms with E-state index in [4.69, 9.17) is 24.1 Å². The summed E-state index contributed by atoms with van der Waals surface area (Å²) in [7, 11) is 1.58. The highest BCUT2D eigenvalue weighted by atomic mass is 16.6. The van der Waals surface area contributed by atoms with Gasteiger partial charge < -0.3 is 24.1 Å². The van der Waals surface area contributed by atoms with E-state index in [1.165, 1.54) is 6.08 Å². The summed E-state index contributed by atoms with van der Waals surface area (Å²) < 4.78 is 21.2. The molecule has 0 bridgehead atoms. The van der Waals surface area contributed by atoms with Crippen molar-refractivity contribution in [1.82, 2.24) is 0 Å². The van der Waals surface area contributed by atoms with Gasteiger partial charge in [0.2, 0.25) is 0 Å². The number of nitrogens with one attached hydrogen (secondary N) is 1. The van der Waals surface area contributed by atoms with Crippen LogP contribution in [0.4, 0.5) is 10.5 Å². The minimum atomic E-state index is -0.561. The van der Waals surface area contributed by atoms with Crippen LogP contribution in [0.15, 0.2) is 72.3 Å². The number of rotatable bonds is 14. The summed E-state index contributed by atoms with van der Waals surface area (Å²) in [6.07, 6.45) is 6.36. The van der Waals surface area contributed by atoms with E-state index in [1.54, 1.807) is 50.4 Å². The molecule has 2 N–H and O–H groups in total. The number of carbonyl (C=O) groups excluding carboxylic acids is 2. The zero-order valence-electron chi connectivity index (χ0n) is 21.1. The molecule has 2 rings (SSSR count). The Morgan fingerprint density at radius 2 is 1.75 bits per heavy atom. The second-order valence-corrected chi connectivity index (χ2v) is 7.86. The molecule has 0 aromatic heterocycles. The SMILES string of the molecule is CCOC(=O)/C=C(C)/C=C/CCC[C@@H](OC(=O)Nc1ccc(OC)cc1)c1ccc(OCCO)cc1. The van der Waals surface area contributed by atoms with E-state index in [0.717, 1.165) is 24.0 Å². The number of aliphatic hydroxyl groups excluding tert-OH is 1. The van der Waals surface area contributed by atoms with Gasteiger partial charge in [0.1, 0.15) is 24.2 Å². The van der Waals surface area contributed by atoms with E-state index in [1.807, 2.05) is 31.2 Å². The quantitative estimate of drug-likeness (QED) is 0.152. The minimum Gasteiger partial charge on any atom is -0.497 e. The second-order valence-electron chi connectivity index (χ2n) is 7.86. The Labute approximate surface area is 212 Å². The number of benzene rings is 2. The topological polar surface area (TPSA) is 103 Å². The fourth-order valence-corrected chi connectivity index (χ4v) is 3.29. The molecule has 8 heteroatoms. The molecule has 1 amide bonds. The summed E-state index contributed by atoms with van der Waals surface area (Å²) >= 11 is 0. The number of anilines is 1. The van der Waals surface area contributed by atoms with E-state index < -0.39 is 12.2 Å². The highest BCUT2D eigenvalue weighted by Crippen LogP contribution is 2.27. The summed E-state index contributed by atoms with van der Waals surface area (Å²) in [6, 6.07) is 14.2. The van der Waals surface area contributed by atoms with Gasteiger partial charge in [0, 0.05) is 11.8 Å². The molecule has 0 saturated carbocycles. The number of unbranched alkanes of at least 4 members (excludes halogenated alkanes) is 1. The Bertz CT molecular complexity index is 998. The molecule has 0 spiro atoms. The van der Waals surface area contributed by atoms with Crippen LogP contribution in [0.5, 0.6) is 11.5 Å². The molecule has 36 heavy (non-hydrogen) atoms. The van der Waals surface area contributed by atoms with Gasteiger partial charge in [-0.15, -0.1) is 0 Å². The number of methoxy groups -OCH3 is 1. The van der Waals surface area contributed by atoms with E-state index in [-0.39, 0.29) is 19.2 Å². The van der Waals surface area contributed by atoms with E-state index in [9.17, 15) is 9.59 Å². The summed E-state index contributed by atoms with van der Waals surface area (Å²) in [6.45, 7) is 4.08. The van der Waals surface area contributed by atoms with Crippen LogP contribution in [0.2, 0.25) is 0 Å². The number of ether oxygens (including phenoxy) is 4. The highest BCUT2D eigenvalue weighted by Gasteiger charge is 2.17. The van der Waals surface area contributed by atoms with E-state index in [2.05, 4.69) is 5.32 Å². The maximum Gasteiger partial charge on any atom is 0.412 e. The smallest absolute Gasteiger partial charge is 0.412 e. The lowest BCUT2D eigenvalue weighted by Gasteiger charge is -2.19. The third-order valence-corrected chi connectivity index (χ3v) is 5.05. The van der Waals surface area contributed by atoms with Crippen LogP contribution in [0.25, 0.3) is 0 Å². The molecule has 194 valence electrons. The van der Waals surface area contributed by atoms with Crippen molar-refractivity contribution in [3.8, 4) is 11.5 Å². The molecule has 0 fully saturated rings. The summed E-state index contributed by atoms with van der Waals surface area (Å²) in [5.41, 5.74) is 2.23. The lowest BCUT2D eigenvalue weighted by atomic mass is 10.0. The lowest BCUT2D eigenvalue weighted by molar-refractivity contribution is -0.137. The van der Waals surface area contributed by atoms with Crippen molar-refractivity contribution < 1.29 is 33.6 Å². The van der Waals surface area contributed by atoms with Crippen LogP contribution in [0.1, 0.15) is 44.8 Å². The van der Waals surface area contributed by atoms with Crippen LogP contribution in [0, 0.1) is 0 Å². The zero-order valence-corrected chi connectivity index (χ0v) is 21.1. The molecule has 0 radical (unpaired) electrons. The molecular formula is C28H35NO7. The minimum absolute atomic E-state index is 0.0685. The lowest BCUT2D eigenvalue weighted by Crippen LogP contribution is -2.17. The summed E-state index contributed by atoms with van der Waals surface area (Å²) in [5, 5.41) is 11.7. The molecule has 1 atom stereocenters. The molecule has 2 aromatic carbocycles. The number of aliphatic hydroxyl groups is 1. The molecule has 0 unspecified atom stereocenters. The molecular weight excluding hydrogens is 462 g/mol. The van der Waals surface area contributed by atoms with Gasteiger partial charge in [-0.25, -0.2) is 9.59 Å². The molecule has 0 aliphatic carbocycles. The highest BCUT2D eigenvalue weighted by molar-refractivity contribution is 5.85. The number of hydrogen-bond acceptors (Lipinski definition) is 7. The molecule has 0 saturated heterocycles. The van der Waals surface area contributed by atoms with Gasteiger partial charge >= 0.3 is 12.1 Å². The largest absolute Gasteiger partial charge is 0.497 e. The molecule has 0 aliphatic heterocycles. The van der Waals surface area contributed by atoms with Gasteiger partial charge in [0.15, 0.2) is 0 Å². The number of amides is 1. The molecule has 8 nitrogen and oxygen atoms in total. The second kappa shape index (κ2) is 16.0. The van der Waals surface area contributed by atoms with Crippen LogP contribution in [-0.2, 0) is 14.3 Å². The van der Waals surface area contributed by atoms with E-state index in [0.29, 0.717) is 30.2 Å². The van der Waals surface area contributed by atoms with Crippen molar-refractivity contribution in [3.05, 3.63) is 77.9 Å². The fourth-order valence-electron chi connectivity index (χ4n) is 3.29. The van der Waals surface area contributed by atoms with Crippen molar-refractivity contribution in [2.24, 2.45) is 0 Å². The third-order valence-electron chi connectivity index (χ3n) is 5.05. The van der Waals surface area contributed by atoms with Gasteiger partial charge in [-0.1, -0.05) is 24.3 Å². The van der Waals surface area contributed by atoms with E-state index >= 15 is 0 Å². The average molecular weight is 498 g/mol. The molecule has 0 heterocycles. The number of esters is 1. The fraction of sp³-hybridized carbons (Fsp3) is 0.357. The van der Waals surface area contributed by atoms with Crippen LogP contribution >= 0.6 is 0 Å². The average Bonchev–Trinajstić information content (AvgIpc) is 2.87. The van der Waals surface area contributed by atoms with Gasteiger partial charge in [-0.3, -0.25) is 5.32 Å². The van der Waals surface area contributed by atoms with Crippen molar-refractivity contribution in [1.29, 1.82) is 0 Å². The summed E-state index contributed by atoms with van der Waals surface area (Å²) in [5.74, 6) is 0.958. The Balaban J connectivity index is 2.00. The first kappa shape index (κ1) is 28.5. The van der Waals surface area contributed by atoms with Crippen LogP contribution in [-0.4, -0.2) is 44.1 Å². The number of allylic oxidation sites excluding steroid dienone is 3. The Hall–Kier alpha value is -3.78. The third kappa shape index (κ3) is 10.7. The zero-order chi connectivity index (χ0) is 26.2. The van der Waals surface area contributed by atoms with Crippen LogP contribution in [0.3, 0.4) is 0 Å². The summed E-state index contributed by atoms with van der Waals surface area (Å²) in [4.78, 5) is 24.1. The van der Waals surface area contributed by atoms with Crippen molar-refractivity contribution in [2.75, 3.05) is 32.2 Å². The maximum absolute atomic E-state index is 12.6. The first-order valence-corrected chi connectivity index (χ1v) is 11.9. The van der Waals surface area contributed by atoms with Gasteiger partial charge in [0.05, 0.1) is 20.3 Å². The van der Waals surface area contributed by atoms with Gasteiger partial charge in [-0.05, 0) is 80.6 Å². The predicted octanol–water partition coefficient (Wildman–Crippen LogP) is 5.59. The van der Waals surface area contributed by atoms with Crippen molar-refractivity contribution in [3.63, 3.8) is 0 Å². The number of hydrogen-bond donors (Lipinski definition) is 2. The Morgan fingerprint density at radius 1 is 1.06 bits per heavy atom. The standard InChI is InChI=1S/C28H35NO7/c1-4-34-27(31)20-21(2)8-6-5-7-9-26(22-10-14-25(15-11-22)35-19-18-30)36-28(32)29-23-12-16-24(33-3)17-13-23/h6,8,10-17,20,26,30H,4-5,7,9,18-19H2,1-3H3,(H,29,32)/b8-6+,21-20+/t26-/m1/s1. The van der Waals surface area contributed by atoms with Crippen molar-refractivity contribution >= 4 is 17.7 Å². The maximum atomic E-state index is 12.6. The monoisotopic (exact) mass is 497 g/mol. The predicted molar refractivity (Wildman–Crippen MR) is 138 cm³/mol.